The van der Waals surface area contributed by atoms with E-state index in [1.807, 2.05) is 0 Å². The number of rotatable bonds is 3. The van der Waals surface area contributed by atoms with Crippen LogP contribution in [0.25, 0.3) is 0 Å². The van der Waals surface area contributed by atoms with Crippen molar-refractivity contribution in [1.82, 2.24) is 9.21 Å². The average molecular weight is 382 g/mol. The molecule has 0 spiro atoms. The minimum Gasteiger partial charge on any atom is -0.481 e. The summed E-state index contributed by atoms with van der Waals surface area (Å²) in [5.74, 6) is -0.774. The third kappa shape index (κ3) is 2.52. The molecule has 0 aliphatic carbocycles. The number of aliphatic carboxylic acids is 1. The van der Waals surface area contributed by atoms with Gasteiger partial charge in [-0.2, -0.15) is 0 Å². The van der Waals surface area contributed by atoms with Crippen LogP contribution in [0.2, 0.25) is 0 Å². The van der Waals surface area contributed by atoms with Crippen LogP contribution in [0.5, 0.6) is 11.5 Å². The van der Waals surface area contributed by atoms with E-state index in [0.29, 0.717) is 17.1 Å². The number of hydrogen-bond donors (Lipinski definition) is 1. The van der Waals surface area contributed by atoms with E-state index in [0.717, 1.165) is 6.26 Å². The summed E-state index contributed by atoms with van der Waals surface area (Å²) in [5, 5.41) is 9.76. The second kappa shape index (κ2) is 5.58. The quantitative estimate of drug-likeness (QED) is 0.772. The Morgan fingerprint density at radius 1 is 1.19 bits per heavy atom. The first kappa shape index (κ1) is 17.1. The molecular formula is C16H18N2O7S. The van der Waals surface area contributed by atoms with Crippen molar-refractivity contribution in [2.24, 2.45) is 11.3 Å². The van der Waals surface area contributed by atoms with Crippen molar-refractivity contribution in [3.63, 3.8) is 0 Å². The van der Waals surface area contributed by atoms with Crippen molar-refractivity contribution in [1.29, 1.82) is 0 Å². The highest BCUT2D eigenvalue weighted by atomic mass is 32.2. The number of ether oxygens (including phenoxy) is 2. The molecule has 9 nitrogen and oxygen atoms in total. The summed E-state index contributed by atoms with van der Waals surface area (Å²) in [4.78, 5) is 26.2. The Bertz CT molecular complexity index is 900. The number of hydrogen-bond acceptors (Lipinski definition) is 6. The molecule has 140 valence electrons. The van der Waals surface area contributed by atoms with Crippen LogP contribution in [0.1, 0.15) is 10.4 Å². The molecular weight excluding hydrogens is 364 g/mol. The second-order valence-electron chi connectivity index (χ2n) is 6.97. The number of carboxylic acid groups (broad SMARTS) is 1. The number of fused-ring (bicyclic) bond motifs is 2. The smallest absolute Gasteiger partial charge is 0.313 e. The second-order valence-corrected chi connectivity index (χ2v) is 8.95. The molecule has 26 heavy (non-hydrogen) atoms. The minimum absolute atomic E-state index is 0.0215. The number of nitrogens with zero attached hydrogens (tertiary/aromatic N) is 2. The van der Waals surface area contributed by atoms with Gasteiger partial charge in [-0.1, -0.05) is 0 Å². The van der Waals surface area contributed by atoms with Gasteiger partial charge in [0.25, 0.3) is 5.91 Å². The third-order valence-electron chi connectivity index (χ3n) is 5.38. The van der Waals surface area contributed by atoms with Crippen LogP contribution in [0, 0.1) is 11.3 Å². The fraction of sp³-hybridized carbons (Fsp3) is 0.500. The molecule has 0 saturated carbocycles. The predicted molar refractivity (Wildman–Crippen MR) is 88.4 cm³/mol. The standard InChI is InChI=1S/C16H18N2O7S/c1-26(22,23)18-6-11-5-17(7-16(11,8-18)15(20)21)14(19)10-2-3-12-13(4-10)25-9-24-12/h2-4,11H,5-9H2,1H3,(H,20,21)/t11-,16-/m1/s1. The Morgan fingerprint density at radius 2 is 1.92 bits per heavy atom. The highest BCUT2D eigenvalue weighted by Crippen LogP contribution is 2.44. The highest BCUT2D eigenvalue weighted by molar-refractivity contribution is 7.88. The van der Waals surface area contributed by atoms with Gasteiger partial charge in [0.1, 0.15) is 5.41 Å². The largest absolute Gasteiger partial charge is 0.481 e. The summed E-state index contributed by atoms with van der Waals surface area (Å²) in [6, 6.07) is 4.83. The number of benzene rings is 1. The number of sulfonamides is 1. The highest BCUT2D eigenvalue weighted by Gasteiger charge is 2.60. The number of carbonyl (C=O) groups is 2. The van der Waals surface area contributed by atoms with Gasteiger partial charge in [-0.15, -0.1) is 0 Å². The average Bonchev–Trinajstić information content (AvgIpc) is 3.24. The van der Waals surface area contributed by atoms with Gasteiger partial charge in [0.2, 0.25) is 16.8 Å². The topological polar surface area (TPSA) is 113 Å². The zero-order valence-corrected chi connectivity index (χ0v) is 14.9. The Balaban J connectivity index is 1.58. The number of amides is 1. The molecule has 2 atom stereocenters. The molecule has 3 aliphatic heterocycles. The maximum absolute atomic E-state index is 12.8. The normalized spacial score (nSPS) is 27.6. The summed E-state index contributed by atoms with van der Waals surface area (Å²) in [6.45, 7) is 0.271. The van der Waals surface area contributed by atoms with Gasteiger partial charge >= 0.3 is 5.97 Å². The maximum atomic E-state index is 12.8. The molecule has 0 bridgehead atoms. The van der Waals surface area contributed by atoms with Gasteiger partial charge in [0.05, 0.1) is 6.26 Å². The van der Waals surface area contributed by atoms with Crippen molar-refractivity contribution in [2.45, 2.75) is 0 Å². The maximum Gasteiger partial charge on any atom is 0.313 e. The number of likely N-dealkylation sites (tertiary alicyclic amines) is 1. The van der Waals surface area contributed by atoms with Crippen LogP contribution in [0.15, 0.2) is 18.2 Å². The van der Waals surface area contributed by atoms with Crippen LogP contribution >= 0.6 is 0 Å². The summed E-state index contributed by atoms with van der Waals surface area (Å²) in [7, 11) is -3.48. The predicted octanol–water partition coefficient (Wildman–Crippen LogP) is -0.166. The van der Waals surface area contributed by atoms with E-state index in [1.54, 1.807) is 18.2 Å². The Morgan fingerprint density at radius 3 is 2.58 bits per heavy atom. The molecule has 1 N–H and O–H groups in total. The van der Waals surface area contributed by atoms with E-state index < -0.39 is 27.3 Å². The Labute approximate surface area is 150 Å². The van der Waals surface area contributed by atoms with Gasteiger partial charge in [0, 0.05) is 37.7 Å². The number of carbonyl (C=O) groups excluding carboxylic acids is 1. The first-order chi connectivity index (χ1) is 12.2. The van der Waals surface area contributed by atoms with Gasteiger partial charge in [-0.25, -0.2) is 12.7 Å². The SMILES string of the molecule is CS(=O)(=O)N1C[C@H]2CN(C(=O)c3ccc4c(c3)OCO4)C[C@@]2(C(=O)O)C1. The van der Waals surface area contributed by atoms with Crippen LogP contribution in [0.4, 0.5) is 0 Å². The van der Waals surface area contributed by atoms with Crippen molar-refractivity contribution in [3.05, 3.63) is 23.8 Å². The van der Waals surface area contributed by atoms with Gasteiger partial charge in [-0.05, 0) is 18.2 Å². The summed E-state index contributed by atoms with van der Waals surface area (Å²) < 4.78 is 35.3. The molecule has 1 aromatic rings. The van der Waals surface area contributed by atoms with Gasteiger partial charge in [-0.3, -0.25) is 9.59 Å². The third-order valence-corrected chi connectivity index (χ3v) is 6.60. The lowest BCUT2D eigenvalue weighted by Gasteiger charge is -2.24. The lowest BCUT2D eigenvalue weighted by atomic mass is 9.81. The first-order valence-corrected chi connectivity index (χ1v) is 9.93. The molecule has 3 heterocycles. The molecule has 2 fully saturated rings. The monoisotopic (exact) mass is 382 g/mol. The minimum atomic E-state index is -3.48. The van der Waals surface area contributed by atoms with Crippen molar-refractivity contribution >= 4 is 21.9 Å². The van der Waals surface area contributed by atoms with Gasteiger partial charge < -0.3 is 19.5 Å². The molecule has 2 saturated heterocycles. The summed E-state index contributed by atoms with van der Waals surface area (Å²) in [5.41, 5.74) is -0.885. The fourth-order valence-corrected chi connectivity index (χ4v) is 4.86. The lowest BCUT2D eigenvalue weighted by molar-refractivity contribution is -0.148. The van der Waals surface area contributed by atoms with E-state index in [2.05, 4.69) is 0 Å². The molecule has 1 aromatic carbocycles. The molecule has 0 radical (unpaired) electrons. The zero-order chi connectivity index (χ0) is 18.7. The zero-order valence-electron chi connectivity index (χ0n) is 14.0. The lowest BCUT2D eigenvalue weighted by Crippen LogP contribution is -2.42. The molecule has 0 aromatic heterocycles. The van der Waals surface area contributed by atoms with E-state index in [4.69, 9.17) is 9.47 Å². The van der Waals surface area contributed by atoms with Crippen molar-refractivity contribution in [2.75, 3.05) is 39.2 Å². The van der Waals surface area contributed by atoms with Crippen LogP contribution in [-0.4, -0.2) is 73.8 Å². The molecule has 3 aliphatic rings. The fourth-order valence-electron chi connectivity index (χ4n) is 3.94. The summed E-state index contributed by atoms with van der Waals surface area (Å²) >= 11 is 0. The Kier molecular flexibility index (Phi) is 3.67. The van der Waals surface area contributed by atoms with Crippen LogP contribution < -0.4 is 9.47 Å². The van der Waals surface area contributed by atoms with Crippen molar-refractivity contribution < 1.29 is 32.6 Å². The van der Waals surface area contributed by atoms with Crippen LogP contribution in [0.3, 0.4) is 0 Å². The van der Waals surface area contributed by atoms with Crippen LogP contribution in [-0.2, 0) is 14.8 Å². The molecule has 10 heteroatoms. The number of carboxylic acids is 1. The molecule has 0 unspecified atom stereocenters. The Hall–Kier alpha value is -2.33. The molecule has 4 rings (SSSR count). The summed E-state index contributed by atoms with van der Waals surface area (Å²) in [6.07, 6.45) is 1.07. The van der Waals surface area contributed by atoms with E-state index in [-0.39, 0.29) is 38.9 Å². The van der Waals surface area contributed by atoms with E-state index >= 15 is 0 Å². The van der Waals surface area contributed by atoms with E-state index in [9.17, 15) is 23.1 Å². The van der Waals surface area contributed by atoms with E-state index in [1.165, 1.54) is 9.21 Å². The van der Waals surface area contributed by atoms with Gasteiger partial charge in [0.15, 0.2) is 11.5 Å². The first-order valence-electron chi connectivity index (χ1n) is 8.08. The van der Waals surface area contributed by atoms with Crippen molar-refractivity contribution in [3.8, 4) is 11.5 Å². The molecule has 1 amide bonds.